The van der Waals surface area contributed by atoms with Crippen molar-refractivity contribution in [3.8, 4) is 0 Å². The molecule has 5 heteroatoms. The molecule has 0 saturated heterocycles. The Morgan fingerprint density at radius 2 is 1.87 bits per heavy atom. The monoisotopic (exact) mass is 325 g/mol. The second-order valence-electron chi connectivity index (χ2n) is 5.52. The summed E-state index contributed by atoms with van der Waals surface area (Å²) < 4.78 is 1.18. The maximum Gasteiger partial charge on any atom is 0.241 e. The molecule has 0 aliphatic heterocycles. The van der Waals surface area contributed by atoms with E-state index in [2.05, 4.69) is 16.4 Å². The van der Waals surface area contributed by atoms with E-state index in [1.807, 2.05) is 67.4 Å². The van der Waals surface area contributed by atoms with Gasteiger partial charge in [-0.15, -0.1) is 11.3 Å². The molecule has 0 aliphatic carbocycles. The largest absolute Gasteiger partial charge is 0.325 e. The molecule has 0 unspecified atom stereocenters. The third-order valence-corrected chi connectivity index (χ3v) is 4.83. The topological polar surface area (TPSA) is 45.2 Å². The summed E-state index contributed by atoms with van der Waals surface area (Å²) in [5, 5.41) is 3.96. The number of benzene rings is 2. The Morgan fingerprint density at radius 3 is 2.61 bits per heavy atom. The zero-order valence-electron chi connectivity index (χ0n) is 13.2. The lowest BCUT2D eigenvalue weighted by Crippen LogP contribution is -2.39. The van der Waals surface area contributed by atoms with Crippen molar-refractivity contribution in [2.75, 3.05) is 12.4 Å². The van der Waals surface area contributed by atoms with Crippen molar-refractivity contribution < 1.29 is 4.79 Å². The van der Waals surface area contributed by atoms with Gasteiger partial charge in [-0.25, -0.2) is 4.98 Å². The Morgan fingerprint density at radius 1 is 1.17 bits per heavy atom. The molecule has 3 aromatic rings. The first-order valence-corrected chi connectivity index (χ1v) is 8.36. The summed E-state index contributed by atoms with van der Waals surface area (Å²) in [4.78, 5) is 19.0. The van der Waals surface area contributed by atoms with Crippen LogP contribution in [0.4, 0.5) is 5.69 Å². The fourth-order valence-corrected chi connectivity index (χ4v) is 3.34. The van der Waals surface area contributed by atoms with Crippen molar-refractivity contribution in [2.24, 2.45) is 0 Å². The number of anilines is 1. The minimum atomic E-state index is -0.234. The van der Waals surface area contributed by atoms with Crippen LogP contribution in [-0.4, -0.2) is 28.9 Å². The Kier molecular flexibility index (Phi) is 4.69. The summed E-state index contributed by atoms with van der Waals surface area (Å²) in [6, 6.07) is 17.4. The Balaban J connectivity index is 1.64. The molecule has 2 aromatic carbocycles. The zero-order valence-corrected chi connectivity index (χ0v) is 14.0. The molecule has 4 nitrogen and oxygen atoms in total. The number of likely N-dealkylation sites (N-methyl/N-ethyl adjacent to an activating group) is 1. The average molecular weight is 325 g/mol. The number of amides is 1. The minimum absolute atomic E-state index is 0.0141. The number of para-hydroxylation sites is 2. The van der Waals surface area contributed by atoms with E-state index in [9.17, 15) is 4.79 Å². The van der Waals surface area contributed by atoms with Gasteiger partial charge in [0.1, 0.15) is 5.01 Å². The molecule has 0 bridgehead atoms. The molecule has 118 valence electrons. The molecule has 1 aromatic heterocycles. The predicted octanol–water partition coefficient (Wildman–Crippen LogP) is 3.76. The van der Waals surface area contributed by atoms with Gasteiger partial charge >= 0.3 is 0 Å². The van der Waals surface area contributed by atoms with Crippen molar-refractivity contribution in [2.45, 2.75) is 19.5 Å². The number of carbonyl (C=O) groups is 1. The highest BCUT2D eigenvalue weighted by atomic mass is 32.1. The summed E-state index contributed by atoms with van der Waals surface area (Å²) in [7, 11) is 1.95. The molecule has 0 saturated carbocycles. The molecule has 0 fully saturated rings. The van der Waals surface area contributed by atoms with Crippen LogP contribution >= 0.6 is 11.3 Å². The fraction of sp³-hybridized carbons (Fsp3) is 0.222. The van der Waals surface area contributed by atoms with Crippen molar-refractivity contribution in [1.82, 2.24) is 9.88 Å². The number of hydrogen-bond acceptors (Lipinski definition) is 4. The zero-order chi connectivity index (χ0) is 16.2. The number of nitrogens with one attached hydrogen (secondary N) is 1. The molecule has 1 heterocycles. The van der Waals surface area contributed by atoms with E-state index in [0.29, 0.717) is 6.54 Å². The van der Waals surface area contributed by atoms with Crippen LogP contribution in [-0.2, 0) is 11.3 Å². The van der Waals surface area contributed by atoms with E-state index in [1.54, 1.807) is 11.3 Å². The van der Waals surface area contributed by atoms with E-state index in [0.717, 1.165) is 16.2 Å². The summed E-state index contributed by atoms with van der Waals surface area (Å²) in [6.07, 6.45) is 0. The van der Waals surface area contributed by atoms with Gasteiger partial charge in [0.15, 0.2) is 0 Å². The molecule has 0 aliphatic rings. The van der Waals surface area contributed by atoms with E-state index >= 15 is 0 Å². The van der Waals surface area contributed by atoms with Gasteiger partial charge in [0.05, 0.1) is 22.8 Å². The summed E-state index contributed by atoms with van der Waals surface area (Å²) in [5.41, 5.74) is 1.83. The number of hydrogen-bond donors (Lipinski definition) is 1. The standard InChI is InChI=1S/C18H19N3OS/c1-13(18(22)19-14-8-4-3-5-9-14)21(2)12-17-20-15-10-6-7-11-16(15)23-17/h3-11,13H,12H2,1-2H3,(H,19,22)/t13-/m1/s1. The van der Waals surface area contributed by atoms with E-state index < -0.39 is 0 Å². The number of rotatable bonds is 5. The summed E-state index contributed by atoms with van der Waals surface area (Å²) in [5.74, 6) is -0.0141. The highest BCUT2D eigenvalue weighted by Crippen LogP contribution is 2.22. The van der Waals surface area contributed by atoms with Crippen molar-refractivity contribution in [1.29, 1.82) is 0 Å². The van der Waals surface area contributed by atoms with E-state index in [1.165, 1.54) is 4.70 Å². The Bertz CT molecular complexity index is 767. The molecule has 1 atom stereocenters. The van der Waals surface area contributed by atoms with Crippen LogP contribution in [0, 0.1) is 0 Å². The molecule has 23 heavy (non-hydrogen) atoms. The molecule has 0 spiro atoms. The van der Waals surface area contributed by atoms with Gasteiger partial charge in [-0.1, -0.05) is 30.3 Å². The fourth-order valence-electron chi connectivity index (χ4n) is 2.31. The van der Waals surface area contributed by atoms with E-state index in [4.69, 9.17) is 0 Å². The number of aromatic nitrogens is 1. The third kappa shape index (κ3) is 3.75. The second kappa shape index (κ2) is 6.89. The highest BCUT2D eigenvalue weighted by molar-refractivity contribution is 7.18. The lowest BCUT2D eigenvalue weighted by atomic mass is 10.2. The molecule has 3 rings (SSSR count). The molecular formula is C18H19N3OS. The van der Waals surface area contributed by atoms with Gasteiger partial charge in [0.25, 0.3) is 0 Å². The Hall–Kier alpha value is -2.24. The summed E-state index contributed by atoms with van der Waals surface area (Å²) >= 11 is 1.67. The predicted molar refractivity (Wildman–Crippen MR) is 95.6 cm³/mol. The van der Waals surface area contributed by atoms with E-state index in [-0.39, 0.29) is 11.9 Å². The molecule has 1 N–H and O–H groups in total. The van der Waals surface area contributed by atoms with Crippen LogP contribution in [0.15, 0.2) is 54.6 Å². The quantitative estimate of drug-likeness (QED) is 0.777. The summed E-state index contributed by atoms with van der Waals surface area (Å²) in [6.45, 7) is 2.56. The van der Waals surface area contributed by atoms with Crippen LogP contribution in [0.2, 0.25) is 0 Å². The maximum atomic E-state index is 12.3. The van der Waals surface area contributed by atoms with Crippen molar-refractivity contribution in [3.63, 3.8) is 0 Å². The lowest BCUT2D eigenvalue weighted by molar-refractivity contribution is -0.120. The maximum absolute atomic E-state index is 12.3. The van der Waals surface area contributed by atoms with Crippen LogP contribution < -0.4 is 5.32 Å². The first-order valence-electron chi connectivity index (χ1n) is 7.54. The highest BCUT2D eigenvalue weighted by Gasteiger charge is 2.19. The Labute approximate surface area is 139 Å². The van der Waals surface area contributed by atoms with Crippen LogP contribution in [0.25, 0.3) is 10.2 Å². The van der Waals surface area contributed by atoms with Crippen LogP contribution in [0.3, 0.4) is 0 Å². The molecular weight excluding hydrogens is 306 g/mol. The van der Waals surface area contributed by atoms with Crippen molar-refractivity contribution >= 4 is 33.1 Å². The van der Waals surface area contributed by atoms with Crippen LogP contribution in [0.5, 0.6) is 0 Å². The van der Waals surface area contributed by atoms with Gasteiger partial charge < -0.3 is 5.32 Å². The lowest BCUT2D eigenvalue weighted by Gasteiger charge is -2.22. The first-order chi connectivity index (χ1) is 11.1. The average Bonchev–Trinajstić information content (AvgIpc) is 2.97. The van der Waals surface area contributed by atoms with Crippen LogP contribution in [0.1, 0.15) is 11.9 Å². The third-order valence-electron chi connectivity index (χ3n) is 3.80. The van der Waals surface area contributed by atoms with Crippen molar-refractivity contribution in [3.05, 3.63) is 59.6 Å². The second-order valence-corrected chi connectivity index (χ2v) is 6.64. The number of fused-ring (bicyclic) bond motifs is 1. The normalized spacial score (nSPS) is 12.5. The number of nitrogens with zero attached hydrogens (tertiary/aromatic N) is 2. The smallest absolute Gasteiger partial charge is 0.241 e. The molecule has 0 radical (unpaired) electrons. The van der Waals surface area contributed by atoms with Gasteiger partial charge in [0.2, 0.25) is 5.91 Å². The number of thiazole rings is 1. The molecule has 1 amide bonds. The van der Waals surface area contributed by atoms with Gasteiger partial charge in [-0.3, -0.25) is 9.69 Å². The first kappa shape index (κ1) is 15.6. The van der Waals surface area contributed by atoms with Gasteiger partial charge in [0, 0.05) is 5.69 Å². The SMILES string of the molecule is C[C@H](C(=O)Nc1ccccc1)N(C)Cc1nc2ccccc2s1. The minimum Gasteiger partial charge on any atom is -0.325 e. The van der Waals surface area contributed by atoms with Gasteiger partial charge in [-0.2, -0.15) is 0 Å². The number of carbonyl (C=O) groups excluding carboxylic acids is 1. The van der Waals surface area contributed by atoms with Gasteiger partial charge in [-0.05, 0) is 38.2 Å².